The third-order valence-corrected chi connectivity index (χ3v) is 6.61. The van der Waals surface area contributed by atoms with Gasteiger partial charge in [-0.25, -0.2) is 19.3 Å². The zero-order chi connectivity index (χ0) is 24.9. The predicted molar refractivity (Wildman–Crippen MR) is 130 cm³/mol. The summed E-state index contributed by atoms with van der Waals surface area (Å²) in [6.45, 7) is 3.89. The Morgan fingerprint density at radius 1 is 1.23 bits per heavy atom. The fourth-order valence-corrected chi connectivity index (χ4v) is 4.47. The SMILES string of the molecule is C[C@@H]1CCN(C(=O)CC#N)C[C@@H]1N(C)c1ncnc2c1ccn2C(=O)OCc1ccc(CN)cc1. The van der Waals surface area contributed by atoms with Crippen LogP contribution in [-0.4, -0.2) is 57.6 Å². The molecular formula is C25H29N7O3. The van der Waals surface area contributed by atoms with Gasteiger partial charge in [0.1, 0.15) is 25.2 Å². The van der Waals surface area contributed by atoms with Gasteiger partial charge in [0.05, 0.1) is 17.5 Å². The molecule has 10 nitrogen and oxygen atoms in total. The van der Waals surface area contributed by atoms with Crippen LogP contribution in [-0.2, 0) is 22.7 Å². The van der Waals surface area contributed by atoms with Gasteiger partial charge in [0.15, 0.2) is 5.65 Å². The molecule has 1 saturated heterocycles. The van der Waals surface area contributed by atoms with Crippen LogP contribution in [0.2, 0.25) is 0 Å². The highest BCUT2D eigenvalue weighted by Crippen LogP contribution is 2.29. The summed E-state index contributed by atoms with van der Waals surface area (Å²) in [6, 6.07) is 11.3. The van der Waals surface area contributed by atoms with Crippen molar-refractivity contribution in [2.24, 2.45) is 11.7 Å². The minimum absolute atomic E-state index is 0.0105. The van der Waals surface area contributed by atoms with Crippen LogP contribution >= 0.6 is 0 Å². The maximum atomic E-state index is 12.8. The number of likely N-dealkylation sites (tertiary alicyclic amines) is 1. The molecule has 1 fully saturated rings. The molecule has 0 radical (unpaired) electrons. The number of nitriles is 1. The maximum Gasteiger partial charge on any atom is 0.420 e. The van der Waals surface area contributed by atoms with Crippen molar-refractivity contribution in [1.82, 2.24) is 19.4 Å². The van der Waals surface area contributed by atoms with Crippen molar-refractivity contribution >= 4 is 28.9 Å². The van der Waals surface area contributed by atoms with Crippen molar-refractivity contribution in [1.29, 1.82) is 5.26 Å². The second-order valence-electron chi connectivity index (χ2n) is 8.81. The summed E-state index contributed by atoms with van der Waals surface area (Å²) in [5, 5.41) is 9.61. The van der Waals surface area contributed by atoms with Gasteiger partial charge < -0.3 is 20.3 Å². The molecule has 1 aromatic carbocycles. The van der Waals surface area contributed by atoms with Crippen molar-refractivity contribution in [3.05, 3.63) is 54.0 Å². The Kier molecular flexibility index (Phi) is 7.27. The molecule has 3 aromatic rings. The molecule has 1 amide bonds. The molecule has 2 N–H and O–H groups in total. The van der Waals surface area contributed by atoms with Crippen LogP contribution in [0, 0.1) is 17.2 Å². The average molecular weight is 476 g/mol. The van der Waals surface area contributed by atoms with E-state index in [2.05, 4.69) is 16.9 Å². The van der Waals surface area contributed by atoms with Crippen molar-refractivity contribution in [2.75, 3.05) is 25.0 Å². The summed E-state index contributed by atoms with van der Waals surface area (Å²) in [5.41, 5.74) is 7.95. The molecule has 0 aliphatic carbocycles. The number of carbonyl (C=O) groups is 2. The van der Waals surface area contributed by atoms with Gasteiger partial charge in [-0.3, -0.25) is 4.79 Å². The summed E-state index contributed by atoms with van der Waals surface area (Å²) in [4.78, 5) is 37.7. The maximum absolute atomic E-state index is 12.8. The standard InChI is InChI=1S/C25H29N7O3/c1-17-8-11-31(22(33)7-10-26)14-21(17)30(2)23-20-9-12-32(24(20)29-16-28-23)25(34)35-15-19-5-3-18(13-27)4-6-19/h3-6,9,12,16-17,21H,7-8,11,13-15,27H2,1-2H3/t17-,21+/m1/s1. The third kappa shape index (κ3) is 5.10. The number of ether oxygens (including phenoxy) is 1. The number of anilines is 1. The van der Waals surface area contributed by atoms with Crippen LogP contribution in [0.4, 0.5) is 10.6 Å². The summed E-state index contributed by atoms with van der Waals surface area (Å²) < 4.78 is 6.87. The van der Waals surface area contributed by atoms with Crippen LogP contribution in [0.5, 0.6) is 0 Å². The van der Waals surface area contributed by atoms with Crippen LogP contribution < -0.4 is 10.6 Å². The zero-order valence-electron chi connectivity index (χ0n) is 19.9. The second kappa shape index (κ2) is 10.5. The predicted octanol–water partition coefficient (Wildman–Crippen LogP) is 2.66. The molecule has 10 heteroatoms. The first-order valence-electron chi connectivity index (χ1n) is 11.6. The van der Waals surface area contributed by atoms with E-state index < -0.39 is 6.09 Å². The zero-order valence-corrected chi connectivity index (χ0v) is 19.9. The largest absolute Gasteiger partial charge is 0.444 e. The lowest BCUT2D eigenvalue weighted by Crippen LogP contribution is -2.52. The fraction of sp³-hybridized carbons (Fsp3) is 0.400. The highest BCUT2D eigenvalue weighted by molar-refractivity contribution is 5.93. The van der Waals surface area contributed by atoms with Crippen molar-refractivity contribution in [3.8, 4) is 6.07 Å². The number of nitrogens with zero attached hydrogens (tertiary/aromatic N) is 6. The molecule has 0 bridgehead atoms. The van der Waals surface area contributed by atoms with E-state index in [1.165, 1.54) is 10.9 Å². The molecule has 1 aliphatic heterocycles. The van der Waals surface area contributed by atoms with Gasteiger partial charge in [0, 0.05) is 32.9 Å². The minimum Gasteiger partial charge on any atom is -0.444 e. The number of hydrogen-bond donors (Lipinski definition) is 1. The number of benzene rings is 1. The number of likely N-dealkylation sites (N-methyl/N-ethyl adjacent to an activating group) is 1. The summed E-state index contributed by atoms with van der Waals surface area (Å²) in [5.74, 6) is 0.830. The molecule has 4 rings (SSSR count). The van der Waals surface area contributed by atoms with E-state index in [-0.39, 0.29) is 25.0 Å². The number of fused-ring (bicyclic) bond motifs is 1. The number of rotatable bonds is 6. The van der Waals surface area contributed by atoms with Crippen LogP contribution in [0.1, 0.15) is 30.9 Å². The van der Waals surface area contributed by atoms with Gasteiger partial charge >= 0.3 is 6.09 Å². The minimum atomic E-state index is -0.533. The van der Waals surface area contributed by atoms with Gasteiger partial charge in [-0.1, -0.05) is 31.2 Å². The number of amides is 1. The van der Waals surface area contributed by atoms with Crippen LogP contribution in [0.15, 0.2) is 42.9 Å². The molecule has 0 spiro atoms. The molecule has 0 unspecified atom stereocenters. The van der Waals surface area contributed by atoms with Crippen LogP contribution in [0.3, 0.4) is 0 Å². The Morgan fingerprint density at radius 3 is 2.69 bits per heavy atom. The van der Waals surface area contributed by atoms with E-state index in [0.29, 0.717) is 42.4 Å². The van der Waals surface area contributed by atoms with Gasteiger partial charge in [-0.2, -0.15) is 5.26 Å². The average Bonchev–Trinajstić information content (AvgIpc) is 3.32. The molecular weight excluding hydrogens is 446 g/mol. The Balaban J connectivity index is 1.52. The molecule has 35 heavy (non-hydrogen) atoms. The number of hydrogen-bond acceptors (Lipinski definition) is 8. The summed E-state index contributed by atoms with van der Waals surface area (Å²) in [6.07, 6.45) is 3.23. The lowest BCUT2D eigenvalue weighted by molar-refractivity contribution is -0.131. The number of aromatic nitrogens is 3. The van der Waals surface area contributed by atoms with E-state index in [1.807, 2.05) is 42.3 Å². The monoisotopic (exact) mass is 475 g/mol. The first kappa shape index (κ1) is 24.2. The topological polar surface area (TPSA) is 130 Å². The fourth-order valence-electron chi connectivity index (χ4n) is 4.47. The number of nitrogens with two attached hydrogens (primary N) is 1. The molecule has 2 aromatic heterocycles. The van der Waals surface area contributed by atoms with E-state index in [9.17, 15) is 9.59 Å². The second-order valence-corrected chi connectivity index (χ2v) is 8.81. The highest BCUT2D eigenvalue weighted by Gasteiger charge is 2.33. The normalized spacial score (nSPS) is 17.7. The molecule has 1 aliphatic rings. The van der Waals surface area contributed by atoms with Gasteiger partial charge in [0.2, 0.25) is 5.91 Å². The quantitative estimate of drug-likeness (QED) is 0.576. The molecule has 3 heterocycles. The lowest BCUT2D eigenvalue weighted by Gasteiger charge is -2.42. The Labute approximate surface area is 203 Å². The smallest absolute Gasteiger partial charge is 0.420 e. The van der Waals surface area contributed by atoms with Gasteiger partial charge in [-0.05, 0) is 29.5 Å². The third-order valence-electron chi connectivity index (χ3n) is 6.61. The van der Waals surface area contributed by atoms with Gasteiger partial charge in [-0.15, -0.1) is 0 Å². The van der Waals surface area contributed by atoms with E-state index >= 15 is 0 Å². The van der Waals surface area contributed by atoms with Gasteiger partial charge in [0.25, 0.3) is 0 Å². The van der Waals surface area contributed by atoms with Crippen molar-refractivity contribution in [3.63, 3.8) is 0 Å². The number of carbonyl (C=O) groups excluding carboxylic acids is 2. The number of piperidine rings is 1. The van der Waals surface area contributed by atoms with Crippen molar-refractivity contribution in [2.45, 2.75) is 39.0 Å². The van der Waals surface area contributed by atoms with Crippen LogP contribution in [0.25, 0.3) is 11.0 Å². The van der Waals surface area contributed by atoms with E-state index in [4.69, 9.17) is 15.7 Å². The van der Waals surface area contributed by atoms with Crippen molar-refractivity contribution < 1.29 is 14.3 Å². The first-order valence-corrected chi connectivity index (χ1v) is 11.6. The Hall–Kier alpha value is -3.97. The molecule has 2 atom stereocenters. The highest BCUT2D eigenvalue weighted by atomic mass is 16.5. The summed E-state index contributed by atoms with van der Waals surface area (Å²) in [7, 11) is 1.93. The lowest BCUT2D eigenvalue weighted by atomic mass is 9.92. The van der Waals surface area contributed by atoms with E-state index in [1.54, 1.807) is 17.2 Å². The Bertz CT molecular complexity index is 1250. The molecule has 0 saturated carbocycles. The summed E-state index contributed by atoms with van der Waals surface area (Å²) >= 11 is 0. The first-order chi connectivity index (χ1) is 16.9. The molecule has 182 valence electrons. The Morgan fingerprint density at radius 2 is 1.97 bits per heavy atom. The van der Waals surface area contributed by atoms with E-state index in [0.717, 1.165) is 17.5 Å².